The van der Waals surface area contributed by atoms with Crippen molar-refractivity contribution in [2.45, 2.75) is 19.9 Å². The van der Waals surface area contributed by atoms with Crippen molar-refractivity contribution < 1.29 is 24.0 Å². The lowest BCUT2D eigenvalue weighted by Crippen LogP contribution is -3.00. The van der Waals surface area contributed by atoms with Gasteiger partial charge < -0.3 is 33.8 Å². The minimum absolute atomic E-state index is 0. The van der Waals surface area contributed by atoms with Crippen LogP contribution in [0.25, 0.3) is 22.4 Å². The molecule has 0 N–H and O–H groups in total. The van der Waals surface area contributed by atoms with Gasteiger partial charge in [-0.25, -0.2) is 4.57 Å². The highest BCUT2D eigenvalue weighted by Gasteiger charge is 2.16. The average Bonchev–Trinajstić information content (AvgIpc) is 2.97. The van der Waals surface area contributed by atoms with Gasteiger partial charge >= 0.3 is 0 Å². The van der Waals surface area contributed by atoms with Gasteiger partial charge in [0.25, 0.3) is 0 Å². The Kier molecular flexibility index (Phi) is 8.46. The Morgan fingerprint density at radius 1 is 1.04 bits per heavy atom. The van der Waals surface area contributed by atoms with Crippen molar-refractivity contribution in [3.8, 4) is 0 Å². The smallest absolute Gasteiger partial charge is 0.185 e. The van der Waals surface area contributed by atoms with Crippen LogP contribution >= 0.6 is 11.3 Å². The zero-order valence-corrected chi connectivity index (χ0v) is 20.4. The van der Waals surface area contributed by atoms with Crippen molar-refractivity contribution >= 4 is 39.4 Å². The molecule has 0 unspecified atom stereocenters. The van der Waals surface area contributed by atoms with E-state index in [1.54, 1.807) is 0 Å². The van der Waals surface area contributed by atoms with Crippen LogP contribution in [0.4, 0.5) is 5.69 Å². The molecule has 3 rings (SSSR count). The van der Waals surface area contributed by atoms with Crippen molar-refractivity contribution in [2.75, 3.05) is 39.6 Å². The minimum atomic E-state index is 0. The molecular formula is C23H30IN3S. The third-order valence-corrected chi connectivity index (χ3v) is 5.83. The van der Waals surface area contributed by atoms with Gasteiger partial charge in [-0.05, 0) is 81.2 Å². The highest BCUT2D eigenvalue weighted by atomic mass is 127. The molecule has 0 saturated carbocycles. The van der Waals surface area contributed by atoms with E-state index in [-0.39, 0.29) is 24.0 Å². The molecule has 5 heteroatoms. The normalized spacial score (nSPS) is 11.4. The Morgan fingerprint density at radius 3 is 2.39 bits per heavy atom. The van der Waals surface area contributed by atoms with E-state index in [1.165, 1.54) is 32.0 Å². The summed E-state index contributed by atoms with van der Waals surface area (Å²) >= 11 is 1.87. The summed E-state index contributed by atoms with van der Waals surface area (Å²) < 4.78 is 3.83. The molecule has 3 nitrogen and oxygen atoms in total. The van der Waals surface area contributed by atoms with E-state index in [2.05, 4.69) is 104 Å². The minimum Gasteiger partial charge on any atom is -1.00 e. The Hall–Kier alpha value is -1.44. The first-order chi connectivity index (χ1) is 12.9. The average molecular weight is 507 g/mol. The summed E-state index contributed by atoms with van der Waals surface area (Å²) in [7, 11) is 8.42. The van der Waals surface area contributed by atoms with E-state index in [0.29, 0.717) is 0 Å². The van der Waals surface area contributed by atoms with Crippen LogP contribution in [-0.2, 0) is 6.54 Å². The van der Waals surface area contributed by atoms with Gasteiger partial charge in [0, 0.05) is 50.1 Å². The van der Waals surface area contributed by atoms with Crippen LogP contribution in [0.3, 0.4) is 0 Å². The fourth-order valence-corrected chi connectivity index (χ4v) is 4.23. The molecule has 0 bridgehead atoms. The Morgan fingerprint density at radius 2 is 1.75 bits per heavy atom. The van der Waals surface area contributed by atoms with Gasteiger partial charge in [-0.15, -0.1) is 0 Å². The summed E-state index contributed by atoms with van der Waals surface area (Å²) in [4.78, 5) is 4.38. The predicted octanol–water partition coefficient (Wildman–Crippen LogP) is 2.48. The first kappa shape index (κ1) is 22.8. The molecule has 28 heavy (non-hydrogen) atoms. The summed E-state index contributed by atoms with van der Waals surface area (Å²) in [5, 5.41) is 1.31. The highest BCUT2D eigenvalue weighted by molar-refractivity contribution is 7.19. The first-order valence-electron chi connectivity index (χ1n) is 9.47. The van der Waals surface area contributed by atoms with Crippen molar-refractivity contribution in [1.82, 2.24) is 9.47 Å². The Labute approximate surface area is 190 Å². The molecular weight excluding hydrogens is 477 g/mol. The van der Waals surface area contributed by atoms with Gasteiger partial charge in [0.1, 0.15) is 0 Å². The van der Waals surface area contributed by atoms with E-state index in [0.717, 1.165) is 19.5 Å². The summed E-state index contributed by atoms with van der Waals surface area (Å²) in [5.74, 6) is 0. The zero-order valence-electron chi connectivity index (χ0n) is 17.4. The number of halogens is 1. The molecule has 1 heterocycles. The molecule has 0 aliphatic rings. The number of hydrogen-bond acceptors (Lipinski definition) is 3. The molecule has 0 aliphatic heterocycles. The molecule has 1 aromatic heterocycles. The number of anilines is 1. The molecule has 0 aliphatic carbocycles. The van der Waals surface area contributed by atoms with Crippen LogP contribution in [-0.4, -0.2) is 44.2 Å². The van der Waals surface area contributed by atoms with Gasteiger partial charge in [0.2, 0.25) is 0 Å². The maximum Gasteiger partial charge on any atom is 0.185 e. The van der Waals surface area contributed by atoms with Gasteiger partial charge in [-0.3, -0.25) is 0 Å². The molecule has 0 amide bonds. The Bertz CT molecular complexity index is 927. The number of aryl methyl sites for hydroxylation is 2. The van der Waals surface area contributed by atoms with Gasteiger partial charge in [-0.1, -0.05) is 0 Å². The number of aromatic nitrogens is 1. The van der Waals surface area contributed by atoms with Crippen LogP contribution in [0.2, 0.25) is 0 Å². The molecule has 0 fully saturated rings. The zero-order chi connectivity index (χ0) is 19.4. The summed E-state index contributed by atoms with van der Waals surface area (Å²) in [6, 6.07) is 15.5. The number of rotatable bonds is 7. The quantitative estimate of drug-likeness (QED) is 0.360. The van der Waals surface area contributed by atoms with E-state index in [4.69, 9.17) is 0 Å². The number of thiazole rings is 1. The topological polar surface area (TPSA) is 11.4 Å². The SMILES string of the molecule is Cc1ccc2s[c+](C=Cc3ccc(N(C)C)cc3)n(CCCN(C)C)c2c1.[I-]. The summed E-state index contributed by atoms with van der Waals surface area (Å²) in [6.45, 7) is 4.31. The van der Waals surface area contributed by atoms with Crippen LogP contribution in [0.15, 0.2) is 42.5 Å². The standard InChI is InChI=1S/C23H30N3S.HI/c1-18-7-13-22-21(17-18)26(16-6-15-24(2)3)23(27-22)14-10-19-8-11-20(12-9-19)25(4)5;/h7-14,17H,6,15-16H2,1-5H3;1H/q+1;/p-1. The fourth-order valence-electron chi connectivity index (χ4n) is 3.16. The lowest BCUT2D eigenvalue weighted by molar-refractivity contribution is -0.00000554. The van der Waals surface area contributed by atoms with Crippen LogP contribution in [0.5, 0.6) is 0 Å². The molecule has 0 atom stereocenters. The van der Waals surface area contributed by atoms with Crippen molar-refractivity contribution in [2.24, 2.45) is 0 Å². The van der Waals surface area contributed by atoms with Gasteiger partial charge in [0.15, 0.2) is 15.2 Å². The second-order valence-electron chi connectivity index (χ2n) is 7.54. The van der Waals surface area contributed by atoms with Gasteiger partial charge in [0.05, 0.1) is 6.08 Å². The van der Waals surface area contributed by atoms with Crippen molar-refractivity contribution in [1.29, 1.82) is 0 Å². The number of benzene rings is 2. The molecule has 0 radical (unpaired) electrons. The van der Waals surface area contributed by atoms with E-state index in [1.807, 2.05) is 11.3 Å². The molecule has 0 saturated heterocycles. The first-order valence-corrected chi connectivity index (χ1v) is 10.3. The molecule has 2 aromatic carbocycles. The molecule has 150 valence electrons. The van der Waals surface area contributed by atoms with E-state index < -0.39 is 0 Å². The van der Waals surface area contributed by atoms with Crippen LogP contribution in [0.1, 0.15) is 22.6 Å². The maximum absolute atomic E-state index is 2.47. The summed E-state index contributed by atoms with van der Waals surface area (Å²) in [6.07, 6.45) is 5.63. The van der Waals surface area contributed by atoms with E-state index in [9.17, 15) is 0 Å². The Balaban J connectivity index is 0.00000280. The van der Waals surface area contributed by atoms with Crippen molar-refractivity contribution in [3.05, 3.63) is 58.6 Å². The van der Waals surface area contributed by atoms with Gasteiger partial charge in [-0.2, -0.15) is 0 Å². The molecule has 0 spiro atoms. The second kappa shape index (κ2) is 10.4. The fraction of sp³-hybridized carbons (Fsp3) is 0.348. The lowest BCUT2D eigenvalue weighted by Gasteiger charge is -2.11. The number of hydrogen-bond donors (Lipinski definition) is 0. The second-order valence-corrected chi connectivity index (χ2v) is 8.60. The summed E-state index contributed by atoms with van der Waals surface area (Å²) in [5.41, 5.74) is 5.12. The third kappa shape index (κ3) is 5.78. The van der Waals surface area contributed by atoms with Crippen LogP contribution in [0, 0.1) is 6.92 Å². The van der Waals surface area contributed by atoms with E-state index >= 15 is 0 Å². The number of fused-ring (bicyclic) bond motifs is 1. The lowest BCUT2D eigenvalue weighted by atomic mass is 10.2. The highest BCUT2D eigenvalue weighted by Crippen LogP contribution is 2.29. The van der Waals surface area contributed by atoms with Crippen LogP contribution < -0.4 is 28.9 Å². The molecule has 3 aromatic rings. The largest absolute Gasteiger partial charge is 1.00 e. The van der Waals surface area contributed by atoms with Crippen molar-refractivity contribution in [3.63, 3.8) is 0 Å². The third-order valence-electron chi connectivity index (χ3n) is 4.70. The predicted molar refractivity (Wildman–Crippen MR) is 122 cm³/mol. The monoisotopic (exact) mass is 507 g/mol. The maximum atomic E-state index is 2.47. The number of nitrogens with zero attached hydrogens (tertiary/aromatic N) is 3.